The highest BCUT2D eigenvalue weighted by Gasteiger charge is 2.25. The van der Waals surface area contributed by atoms with Crippen molar-refractivity contribution in [2.75, 3.05) is 13.1 Å². The molecule has 1 amide bonds. The number of hydrogen-bond donors (Lipinski definition) is 1. The smallest absolute Gasteiger partial charge is 0.303 e. The number of rotatable bonds is 3. The Morgan fingerprint density at radius 2 is 2.11 bits per heavy atom. The van der Waals surface area contributed by atoms with Crippen molar-refractivity contribution in [3.05, 3.63) is 29.0 Å². The Morgan fingerprint density at radius 1 is 1.42 bits per heavy atom. The molecule has 0 atom stereocenters. The van der Waals surface area contributed by atoms with Gasteiger partial charge in [0.05, 0.1) is 0 Å². The van der Waals surface area contributed by atoms with E-state index in [0.29, 0.717) is 23.8 Å². The van der Waals surface area contributed by atoms with Crippen LogP contribution in [0.3, 0.4) is 0 Å². The van der Waals surface area contributed by atoms with Gasteiger partial charge in [0, 0.05) is 30.7 Å². The second-order valence-corrected chi connectivity index (χ2v) is 5.13. The first-order valence-electron chi connectivity index (χ1n) is 6.19. The van der Waals surface area contributed by atoms with Gasteiger partial charge >= 0.3 is 5.97 Å². The van der Waals surface area contributed by atoms with Crippen LogP contribution in [0.1, 0.15) is 29.8 Å². The molecule has 1 aromatic rings. The van der Waals surface area contributed by atoms with Crippen LogP contribution in [0, 0.1) is 5.92 Å². The molecule has 0 saturated carbocycles. The molecule has 1 aromatic heterocycles. The molecule has 5 nitrogen and oxygen atoms in total. The maximum Gasteiger partial charge on any atom is 0.303 e. The normalized spacial score (nSPS) is 16.4. The van der Waals surface area contributed by atoms with Gasteiger partial charge in [-0.15, -0.1) is 0 Å². The van der Waals surface area contributed by atoms with Crippen LogP contribution >= 0.6 is 11.6 Å². The van der Waals surface area contributed by atoms with Gasteiger partial charge in [0.15, 0.2) is 0 Å². The van der Waals surface area contributed by atoms with Crippen molar-refractivity contribution < 1.29 is 14.7 Å². The number of aromatic nitrogens is 1. The van der Waals surface area contributed by atoms with Crippen molar-refractivity contribution in [2.45, 2.75) is 19.3 Å². The number of halogens is 1. The molecule has 6 heteroatoms. The van der Waals surface area contributed by atoms with Crippen LogP contribution in [-0.4, -0.2) is 40.0 Å². The van der Waals surface area contributed by atoms with Crippen molar-refractivity contribution in [3.8, 4) is 0 Å². The molecule has 2 rings (SSSR count). The van der Waals surface area contributed by atoms with Crippen LogP contribution in [-0.2, 0) is 4.79 Å². The minimum Gasteiger partial charge on any atom is -0.481 e. The monoisotopic (exact) mass is 282 g/mol. The highest BCUT2D eigenvalue weighted by Crippen LogP contribution is 2.22. The van der Waals surface area contributed by atoms with Gasteiger partial charge in [-0.05, 0) is 30.9 Å². The van der Waals surface area contributed by atoms with Gasteiger partial charge in [-0.3, -0.25) is 14.6 Å². The van der Waals surface area contributed by atoms with E-state index in [1.54, 1.807) is 17.0 Å². The van der Waals surface area contributed by atoms with E-state index in [9.17, 15) is 9.59 Å². The van der Waals surface area contributed by atoms with Crippen LogP contribution in [0.15, 0.2) is 18.3 Å². The first kappa shape index (κ1) is 13.8. The fraction of sp³-hybridized carbons (Fsp3) is 0.462. The molecule has 1 aliphatic rings. The SMILES string of the molecule is O=C(O)CC1CCN(C(=O)c2cc(Cl)ccn2)CC1. The molecule has 19 heavy (non-hydrogen) atoms. The van der Waals surface area contributed by atoms with E-state index in [4.69, 9.17) is 16.7 Å². The van der Waals surface area contributed by atoms with Crippen LogP contribution in [0.4, 0.5) is 0 Å². The van der Waals surface area contributed by atoms with E-state index in [1.165, 1.54) is 6.20 Å². The molecule has 0 radical (unpaired) electrons. The van der Waals surface area contributed by atoms with E-state index in [-0.39, 0.29) is 18.2 Å². The van der Waals surface area contributed by atoms with E-state index >= 15 is 0 Å². The first-order valence-corrected chi connectivity index (χ1v) is 6.56. The number of carboxylic acids is 1. The van der Waals surface area contributed by atoms with Crippen molar-refractivity contribution >= 4 is 23.5 Å². The quantitative estimate of drug-likeness (QED) is 0.921. The summed E-state index contributed by atoms with van der Waals surface area (Å²) in [5, 5.41) is 9.23. The fourth-order valence-electron chi connectivity index (χ4n) is 2.27. The predicted molar refractivity (Wildman–Crippen MR) is 70.1 cm³/mol. The van der Waals surface area contributed by atoms with Gasteiger partial charge < -0.3 is 10.0 Å². The van der Waals surface area contributed by atoms with E-state index in [1.807, 2.05) is 0 Å². The molecule has 0 spiro atoms. The molecular weight excluding hydrogens is 268 g/mol. The lowest BCUT2D eigenvalue weighted by atomic mass is 9.93. The maximum absolute atomic E-state index is 12.2. The van der Waals surface area contributed by atoms with E-state index in [0.717, 1.165) is 12.8 Å². The zero-order valence-electron chi connectivity index (χ0n) is 10.4. The average Bonchev–Trinajstić information content (AvgIpc) is 2.38. The number of pyridine rings is 1. The summed E-state index contributed by atoms with van der Waals surface area (Å²) < 4.78 is 0. The molecule has 0 aromatic carbocycles. The lowest BCUT2D eigenvalue weighted by Crippen LogP contribution is -2.39. The largest absolute Gasteiger partial charge is 0.481 e. The van der Waals surface area contributed by atoms with Gasteiger partial charge in [-0.2, -0.15) is 0 Å². The Morgan fingerprint density at radius 3 is 2.68 bits per heavy atom. The average molecular weight is 283 g/mol. The predicted octanol–water partition coefficient (Wildman–Crippen LogP) is 2.06. The Labute approximate surface area is 116 Å². The summed E-state index contributed by atoms with van der Waals surface area (Å²) in [4.78, 5) is 28.5. The Balaban J connectivity index is 1.94. The number of piperidine rings is 1. The Kier molecular flexibility index (Phi) is 4.37. The third kappa shape index (κ3) is 3.67. The molecule has 1 N–H and O–H groups in total. The second-order valence-electron chi connectivity index (χ2n) is 4.69. The highest BCUT2D eigenvalue weighted by molar-refractivity contribution is 6.30. The molecule has 0 aliphatic carbocycles. The fourth-order valence-corrected chi connectivity index (χ4v) is 2.43. The Bertz CT molecular complexity index is 485. The number of nitrogens with zero attached hydrogens (tertiary/aromatic N) is 2. The number of amides is 1. The van der Waals surface area contributed by atoms with Crippen molar-refractivity contribution in [1.82, 2.24) is 9.88 Å². The molecule has 0 unspecified atom stereocenters. The van der Waals surface area contributed by atoms with Crippen LogP contribution in [0.25, 0.3) is 0 Å². The topological polar surface area (TPSA) is 70.5 Å². The molecule has 1 aliphatic heterocycles. The molecule has 2 heterocycles. The third-order valence-electron chi connectivity index (χ3n) is 3.31. The summed E-state index contributed by atoms with van der Waals surface area (Å²) in [5.41, 5.74) is 0.337. The number of carbonyl (C=O) groups excluding carboxylic acids is 1. The van der Waals surface area contributed by atoms with Crippen LogP contribution in [0.2, 0.25) is 5.02 Å². The number of carbonyl (C=O) groups is 2. The number of aliphatic carboxylic acids is 1. The summed E-state index contributed by atoms with van der Waals surface area (Å²) in [6.07, 6.45) is 3.13. The highest BCUT2D eigenvalue weighted by atomic mass is 35.5. The summed E-state index contributed by atoms with van der Waals surface area (Å²) in [5.74, 6) is -0.758. The zero-order chi connectivity index (χ0) is 13.8. The van der Waals surface area contributed by atoms with E-state index < -0.39 is 5.97 Å². The number of carboxylic acid groups (broad SMARTS) is 1. The van der Waals surface area contributed by atoms with Crippen LogP contribution in [0.5, 0.6) is 0 Å². The molecule has 1 fully saturated rings. The summed E-state index contributed by atoms with van der Waals surface area (Å²) in [6.45, 7) is 1.15. The lowest BCUT2D eigenvalue weighted by Gasteiger charge is -2.31. The summed E-state index contributed by atoms with van der Waals surface area (Å²) in [6, 6.07) is 3.17. The van der Waals surface area contributed by atoms with Gasteiger partial charge in [0.25, 0.3) is 5.91 Å². The standard InChI is InChI=1S/C13H15ClN2O3/c14-10-1-4-15-11(8-10)13(19)16-5-2-9(3-6-16)7-12(17)18/h1,4,8-9H,2-3,5-7H2,(H,17,18). The maximum atomic E-state index is 12.2. The molecule has 0 bridgehead atoms. The van der Waals surface area contributed by atoms with Gasteiger partial charge in [0.1, 0.15) is 5.69 Å². The first-order chi connectivity index (χ1) is 9.06. The minimum absolute atomic E-state index is 0.142. The molecular formula is C13H15ClN2O3. The minimum atomic E-state index is -0.777. The van der Waals surface area contributed by atoms with Crippen molar-refractivity contribution in [2.24, 2.45) is 5.92 Å². The third-order valence-corrected chi connectivity index (χ3v) is 3.54. The van der Waals surface area contributed by atoms with Gasteiger partial charge in [-0.1, -0.05) is 11.6 Å². The van der Waals surface area contributed by atoms with E-state index in [2.05, 4.69) is 4.98 Å². The van der Waals surface area contributed by atoms with Gasteiger partial charge in [-0.25, -0.2) is 0 Å². The molecule has 102 valence electrons. The van der Waals surface area contributed by atoms with Crippen LogP contribution < -0.4 is 0 Å². The number of likely N-dealkylation sites (tertiary alicyclic amines) is 1. The van der Waals surface area contributed by atoms with Crippen molar-refractivity contribution in [3.63, 3.8) is 0 Å². The van der Waals surface area contributed by atoms with Crippen molar-refractivity contribution in [1.29, 1.82) is 0 Å². The summed E-state index contributed by atoms with van der Waals surface area (Å²) >= 11 is 5.83. The summed E-state index contributed by atoms with van der Waals surface area (Å²) in [7, 11) is 0. The van der Waals surface area contributed by atoms with Gasteiger partial charge in [0.2, 0.25) is 0 Å². The molecule has 1 saturated heterocycles. The zero-order valence-corrected chi connectivity index (χ0v) is 11.1. The number of hydrogen-bond acceptors (Lipinski definition) is 3. The second kappa shape index (κ2) is 6.02. The Hall–Kier alpha value is -1.62. The lowest BCUT2D eigenvalue weighted by molar-refractivity contribution is -0.138.